The summed E-state index contributed by atoms with van der Waals surface area (Å²) in [5, 5.41) is 7.12. The van der Waals surface area contributed by atoms with Crippen molar-refractivity contribution in [3.63, 3.8) is 0 Å². The molecule has 1 N–H and O–H groups in total. The van der Waals surface area contributed by atoms with Gasteiger partial charge in [-0.15, -0.1) is 0 Å². The molecule has 0 saturated carbocycles. The van der Waals surface area contributed by atoms with Crippen molar-refractivity contribution < 1.29 is 9.32 Å². The van der Waals surface area contributed by atoms with Crippen molar-refractivity contribution in [2.75, 3.05) is 23.3 Å². The number of aryl methyl sites for hydroxylation is 2. The van der Waals surface area contributed by atoms with Crippen molar-refractivity contribution in [2.45, 2.75) is 27.7 Å². The van der Waals surface area contributed by atoms with Crippen LogP contribution in [-0.2, 0) is 0 Å². The minimum absolute atomic E-state index is 0.229. The van der Waals surface area contributed by atoms with Crippen molar-refractivity contribution in [1.82, 2.24) is 5.16 Å². The SMILES string of the molecule is CCN(CC)c1ccc(NC(=O)c2c(-c3cccc(Br)c3)noc2C)c(C)c1. The molecule has 0 aliphatic heterocycles. The number of nitrogens with one attached hydrogen (secondary N) is 1. The van der Waals surface area contributed by atoms with Crippen LogP contribution < -0.4 is 10.2 Å². The summed E-state index contributed by atoms with van der Waals surface area (Å²) in [6.07, 6.45) is 0. The molecule has 146 valence electrons. The third-order valence-electron chi connectivity index (χ3n) is 4.77. The second-order valence-electron chi connectivity index (χ2n) is 6.60. The molecule has 0 unspecified atom stereocenters. The first-order chi connectivity index (χ1) is 13.4. The number of nitrogens with zero attached hydrogens (tertiary/aromatic N) is 2. The van der Waals surface area contributed by atoms with Gasteiger partial charge in [0.1, 0.15) is 17.0 Å². The average molecular weight is 442 g/mol. The Labute approximate surface area is 173 Å². The lowest BCUT2D eigenvalue weighted by Gasteiger charge is -2.22. The molecule has 3 rings (SSSR count). The molecule has 0 bridgehead atoms. The van der Waals surface area contributed by atoms with Gasteiger partial charge in [-0.05, 0) is 63.6 Å². The molecule has 6 heteroatoms. The Bertz CT molecular complexity index is 993. The number of amides is 1. The maximum atomic E-state index is 13.0. The molecular weight excluding hydrogens is 418 g/mol. The Kier molecular flexibility index (Phi) is 6.19. The first-order valence-corrected chi connectivity index (χ1v) is 10.1. The summed E-state index contributed by atoms with van der Waals surface area (Å²) in [7, 11) is 0. The van der Waals surface area contributed by atoms with Crippen LogP contribution in [0.25, 0.3) is 11.3 Å². The largest absolute Gasteiger partial charge is 0.372 e. The molecule has 0 spiro atoms. The van der Waals surface area contributed by atoms with Crippen molar-refractivity contribution in [2.24, 2.45) is 0 Å². The first kappa shape index (κ1) is 20.1. The molecule has 2 aromatic carbocycles. The van der Waals surface area contributed by atoms with Gasteiger partial charge in [-0.25, -0.2) is 0 Å². The quantitative estimate of drug-likeness (QED) is 0.523. The molecule has 3 aromatic rings. The average Bonchev–Trinajstić information content (AvgIpc) is 3.06. The lowest BCUT2D eigenvalue weighted by atomic mass is 10.1. The second-order valence-corrected chi connectivity index (χ2v) is 7.51. The lowest BCUT2D eigenvalue weighted by molar-refractivity contribution is 0.102. The Morgan fingerprint density at radius 3 is 2.54 bits per heavy atom. The highest BCUT2D eigenvalue weighted by atomic mass is 79.9. The zero-order valence-electron chi connectivity index (χ0n) is 16.5. The minimum atomic E-state index is -0.229. The zero-order valence-corrected chi connectivity index (χ0v) is 18.1. The summed E-state index contributed by atoms with van der Waals surface area (Å²) in [5.74, 6) is 0.261. The molecule has 28 heavy (non-hydrogen) atoms. The highest BCUT2D eigenvalue weighted by molar-refractivity contribution is 9.10. The molecule has 0 radical (unpaired) electrons. The maximum Gasteiger partial charge on any atom is 0.261 e. The molecule has 0 atom stereocenters. The maximum absolute atomic E-state index is 13.0. The topological polar surface area (TPSA) is 58.4 Å². The Morgan fingerprint density at radius 2 is 1.89 bits per heavy atom. The van der Waals surface area contributed by atoms with Crippen LogP contribution in [-0.4, -0.2) is 24.2 Å². The Hall–Kier alpha value is -2.60. The Balaban J connectivity index is 1.89. The summed E-state index contributed by atoms with van der Waals surface area (Å²) < 4.78 is 6.24. The van der Waals surface area contributed by atoms with E-state index >= 15 is 0 Å². The van der Waals surface area contributed by atoms with Gasteiger partial charge >= 0.3 is 0 Å². The summed E-state index contributed by atoms with van der Waals surface area (Å²) >= 11 is 3.46. The fourth-order valence-electron chi connectivity index (χ4n) is 3.23. The molecule has 0 aliphatic carbocycles. The van der Waals surface area contributed by atoms with Crippen molar-refractivity contribution in [1.29, 1.82) is 0 Å². The van der Waals surface area contributed by atoms with Crippen LogP contribution in [0.1, 0.15) is 35.5 Å². The highest BCUT2D eigenvalue weighted by Gasteiger charge is 2.22. The molecular formula is C22H24BrN3O2. The van der Waals surface area contributed by atoms with Gasteiger partial charge in [-0.3, -0.25) is 4.79 Å². The van der Waals surface area contributed by atoms with Crippen LogP contribution >= 0.6 is 15.9 Å². The van der Waals surface area contributed by atoms with Gasteiger partial charge in [0.15, 0.2) is 0 Å². The van der Waals surface area contributed by atoms with E-state index in [1.165, 1.54) is 0 Å². The summed E-state index contributed by atoms with van der Waals surface area (Å²) in [6, 6.07) is 13.7. The number of aromatic nitrogens is 1. The summed E-state index contributed by atoms with van der Waals surface area (Å²) in [4.78, 5) is 15.3. The fraction of sp³-hybridized carbons (Fsp3) is 0.273. The van der Waals surface area contributed by atoms with E-state index in [9.17, 15) is 4.79 Å². The summed E-state index contributed by atoms with van der Waals surface area (Å²) in [6.45, 7) is 9.90. The molecule has 5 nitrogen and oxygen atoms in total. The number of hydrogen-bond donors (Lipinski definition) is 1. The highest BCUT2D eigenvalue weighted by Crippen LogP contribution is 2.29. The normalized spacial score (nSPS) is 10.8. The standard InChI is InChI=1S/C22H24BrN3O2/c1-5-26(6-2)18-10-11-19(14(3)12-18)24-22(27)20-15(4)28-25-21(20)16-8-7-9-17(23)13-16/h7-13H,5-6H2,1-4H3,(H,24,27). The predicted octanol–water partition coefficient (Wildman–Crippen LogP) is 5.82. The van der Waals surface area contributed by atoms with Crippen LogP contribution in [0.5, 0.6) is 0 Å². The third kappa shape index (κ3) is 4.12. The number of benzene rings is 2. The fourth-order valence-corrected chi connectivity index (χ4v) is 3.63. The number of rotatable bonds is 6. The van der Waals surface area contributed by atoms with Gasteiger partial charge < -0.3 is 14.7 Å². The van der Waals surface area contributed by atoms with E-state index in [2.05, 4.69) is 51.2 Å². The lowest BCUT2D eigenvalue weighted by Crippen LogP contribution is -2.22. The summed E-state index contributed by atoms with van der Waals surface area (Å²) in [5.41, 5.74) is 4.75. The van der Waals surface area contributed by atoms with E-state index in [0.29, 0.717) is 17.0 Å². The number of hydrogen-bond acceptors (Lipinski definition) is 4. The number of carbonyl (C=O) groups excluding carboxylic acids is 1. The van der Waals surface area contributed by atoms with Gasteiger partial charge in [0.2, 0.25) is 0 Å². The number of anilines is 2. The van der Waals surface area contributed by atoms with E-state index in [1.54, 1.807) is 6.92 Å². The predicted molar refractivity (Wildman–Crippen MR) is 117 cm³/mol. The number of halogens is 1. The van der Waals surface area contributed by atoms with Crippen LogP contribution in [0.2, 0.25) is 0 Å². The monoisotopic (exact) mass is 441 g/mol. The molecule has 0 saturated heterocycles. The molecule has 1 heterocycles. The van der Waals surface area contributed by atoms with E-state index in [0.717, 1.165) is 40.1 Å². The van der Waals surface area contributed by atoms with Gasteiger partial charge in [0, 0.05) is 34.5 Å². The second kappa shape index (κ2) is 8.61. The first-order valence-electron chi connectivity index (χ1n) is 9.33. The van der Waals surface area contributed by atoms with Gasteiger partial charge in [-0.1, -0.05) is 33.2 Å². The van der Waals surface area contributed by atoms with Crippen molar-refractivity contribution in [3.8, 4) is 11.3 Å². The van der Waals surface area contributed by atoms with Crippen LogP contribution in [0, 0.1) is 13.8 Å². The Morgan fingerprint density at radius 1 is 1.14 bits per heavy atom. The number of carbonyl (C=O) groups is 1. The third-order valence-corrected chi connectivity index (χ3v) is 5.27. The van der Waals surface area contributed by atoms with Crippen LogP contribution in [0.3, 0.4) is 0 Å². The molecule has 1 aromatic heterocycles. The van der Waals surface area contributed by atoms with Gasteiger partial charge in [0.05, 0.1) is 0 Å². The van der Waals surface area contributed by atoms with E-state index in [1.807, 2.05) is 43.3 Å². The molecule has 0 aliphatic rings. The molecule has 1 amide bonds. The van der Waals surface area contributed by atoms with Crippen molar-refractivity contribution in [3.05, 3.63) is 63.8 Å². The van der Waals surface area contributed by atoms with E-state index in [4.69, 9.17) is 4.52 Å². The van der Waals surface area contributed by atoms with Crippen molar-refractivity contribution >= 4 is 33.2 Å². The van der Waals surface area contributed by atoms with Gasteiger partial charge in [-0.2, -0.15) is 0 Å². The van der Waals surface area contributed by atoms with Crippen LogP contribution in [0.4, 0.5) is 11.4 Å². The smallest absolute Gasteiger partial charge is 0.261 e. The molecule has 0 fully saturated rings. The van der Waals surface area contributed by atoms with Crippen LogP contribution in [0.15, 0.2) is 51.5 Å². The minimum Gasteiger partial charge on any atom is -0.372 e. The van der Waals surface area contributed by atoms with E-state index in [-0.39, 0.29) is 5.91 Å². The van der Waals surface area contributed by atoms with Gasteiger partial charge in [0.25, 0.3) is 5.91 Å². The zero-order chi connectivity index (χ0) is 20.3. The van der Waals surface area contributed by atoms with E-state index < -0.39 is 0 Å².